The molecule has 4 rings (SSSR count). The van der Waals surface area contributed by atoms with E-state index in [1.807, 2.05) is 13.8 Å². The molecule has 0 amide bonds. The molecule has 1 aliphatic heterocycles. The Labute approximate surface area is 336 Å². The SMILES string of the molecule is CCCCCCCCCCCCCC(=O)O[C@@H]1[C@H](O)[C@@H](COP(=O)(N[C@H](C)C(=O)OCC(CC)CC)Oc2ccccc2)O[C@@]1(C#N)c1ccc2c(N)ncnn12. The molecule has 0 bridgehead atoms. The molecule has 16 heteroatoms. The smallest absolute Gasteiger partial charge is 0.459 e. The van der Waals surface area contributed by atoms with E-state index in [-0.39, 0.29) is 36.2 Å². The summed E-state index contributed by atoms with van der Waals surface area (Å²) in [7, 11) is -4.41. The van der Waals surface area contributed by atoms with Crippen LogP contribution in [0.2, 0.25) is 0 Å². The van der Waals surface area contributed by atoms with Crippen molar-refractivity contribution in [2.45, 2.75) is 148 Å². The summed E-state index contributed by atoms with van der Waals surface area (Å²) in [5.41, 5.74) is 4.47. The molecule has 1 saturated heterocycles. The average Bonchev–Trinajstić information content (AvgIpc) is 3.76. The molecular formula is C41H61N6O9P. The van der Waals surface area contributed by atoms with Crippen molar-refractivity contribution in [3.05, 3.63) is 54.5 Å². The number of fused-ring (bicyclic) bond motifs is 1. The second-order valence-electron chi connectivity index (χ2n) is 14.7. The van der Waals surface area contributed by atoms with Gasteiger partial charge in [0.2, 0.25) is 5.60 Å². The van der Waals surface area contributed by atoms with E-state index in [1.165, 1.54) is 62.4 Å². The van der Waals surface area contributed by atoms with Crippen LogP contribution >= 0.6 is 7.75 Å². The minimum Gasteiger partial charge on any atom is -0.464 e. The van der Waals surface area contributed by atoms with E-state index >= 15 is 0 Å². The molecule has 4 N–H and O–H groups in total. The molecule has 57 heavy (non-hydrogen) atoms. The normalized spacial score (nSPS) is 20.9. The van der Waals surface area contributed by atoms with Crippen LogP contribution in [-0.2, 0) is 38.5 Å². The summed E-state index contributed by atoms with van der Waals surface area (Å²) < 4.78 is 45.0. The fourth-order valence-electron chi connectivity index (χ4n) is 6.84. The molecule has 314 valence electrons. The quantitative estimate of drug-likeness (QED) is 0.0406. The summed E-state index contributed by atoms with van der Waals surface area (Å²) in [6, 6.07) is 12.3. The van der Waals surface area contributed by atoms with Crippen molar-refractivity contribution in [2.24, 2.45) is 5.92 Å². The van der Waals surface area contributed by atoms with Crippen molar-refractivity contribution < 1.29 is 42.5 Å². The number of nitrogens with two attached hydrogens (primary N) is 1. The molecule has 1 aromatic carbocycles. The number of aliphatic hydroxyl groups is 1. The predicted octanol–water partition coefficient (Wildman–Crippen LogP) is 7.56. The van der Waals surface area contributed by atoms with Crippen LogP contribution in [0.15, 0.2) is 48.8 Å². The molecule has 3 aromatic rings. The largest absolute Gasteiger partial charge is 0.464 e. The summed E-state index contributed by atoms with van der Waals surface area (Å²) in [4.78, 5) is 30.3. The fourth-order valence-corrected chi connectivity index (χ4v) is 8.34. The monoisotopic (exact) mass is 812 g/mol. The van der Waals surface area contributed by atoms with Crippen molar-refractivity contribution in [2.75, 3.05) is 18.9 Å². The van der Waals surface area contributed by atoms with Crippen LogP contribution in [-0.4, -0.2) is 69.2 Å². The second-order valence-corrected chi connectivity index (χ2v) is 16.4. The molecule has 3 heterocycles. The van der Waals surface area contributed by atoms with Crippen LogP contribution in [0, 0.1) is 17.2 Å². The average molecular weight is 813 g/mol. The summed E-state index contributed by atoms with van der Waals surface area (Å²) in [6.07, 6.45) is 10.6. The lowest BCUT2D eigenvalue weighted by Gasteiger charge is -2.27. The Morgan fingerprint density at radius 1 is 1.02 bits per heavy atom. The number of nitrogens with one attached hydrogen (secondary N) is 1. The number of ether oxygens (including phenoxy) is 3. The Balaban J connectivity index is 1.49. The first-order valence-electron chi connectivity index (χ1n) is 20.5. The fraction of sp³-hybridized carbons (Fsp3) is 0.634. The van der Waals surface area contributed by atoms with E-state index in [2.05, 4.69) is 28.2 Å². The van der Waals surface area contributed by atoms with Gasteiger partial charge in [0.15, 0.2) is 11.9 Å². The van der Waals surface area contributed by atoms with Crippen molar-refractivity contribution >= 4 is 31.0 Å². The molecule has 0 spiro atoms. The number of hydrogen-bond acceptors (Lipinski definition) is 13. The lowest BCUT2D eigenvalue weighted by molar-refractivity contribution is -0.160. The molecule has 15 nitrogen and oxygen atoms in total. The van der Waals surface area contributed by atoms with Crippen molar-refractivity contribution in [1.82, 2.24) is 19.7 Å². The molecular weight excluding hydrogens is 751 g/mol. The maximum atomic E-state index is 14.3. The Bertz CT molecular complexity index is 1780. The van der Waals surface area contributed by atoms with E-state index in [9.17, 15) is 24.5 Å². The van der Waals surface area contributed by atoms with Crippen molar-refractivity contribution in [3.63, 3.8) is 0 Å². The van der Waals surface area contributed by atoms with Gasteiger partial charge >= 0.3 is 19.7 Å². The molecule has 0 radical (unpaired) electrons. The molecule has 1 unspecified atom stereocenters. The van der Waals surface area contributed by atoms with Gasteiger partial charge in [0.1, 0.15) is 41.9 Å². The highest BCUT2D eigenvalue weighted by Crippen LogP contribution is 2.48. The first-order chi connectivity index (χ1) is 27.5. The van der Waals surface area contributed by atoms with E-state index in [0.29, 0.717) is 11.9 Å². The van der Waals surface area contributed by atoms with Crippen LogP contribution < -0.4 is 15.3 Å². The zero-order valence-electron chi connectivity index (χ0n) is 33.8. The van der Waals surface area contributed by atoms with Gasteiger partial charge in [-0.3, -0.25) is 14.1 Å². The number of para-hydroxylation sites is 1. The lowest BCUT2D eigenvalue weighted by Crippen LogP contribution is -2.44. The number of nitrogen functional groups attached to an aromatic ring is 1. The topological polar surface area (TPSA) is 210 Å². The number of carbonyl (C=O) groups excluding carboxylic acids is 2. The minimum absolute atomic E-state index is 0.0716. The van der Waals surface area contributed by atoms with Crippen LogP contribution in [0.4, 0.5) is 5.82 Å². The minimum atomic E-state index is -4.41. The van der Waals surface area contributed by atoms with Gasteiger partial charge in [-0.05, 0) is 43.5 Å². The van der Waals surface area contributed by atoms with E-state index in [1.54, 1.807) is 36.4 Å². The summed E-state index contributed by atoms with van der Waals surface area (Å²) in [5.74, 6) is -0.792. The second kappa shape index (κ2) is 22.8. The third-order valence-electron chi connectivity index (χ3n) is 10.4. The van der Waals surface area contributed by atoms with Crippen LogP contribution in [0.5, 0.6) is 5.75 Å². The number of esters is 2. The van der Waals surface area contributed by atoms with E-state index < -0.39 is 56.2 Å². The van der Waals surface area contributed by atoms with Gasteiger partial charge in [-0.2, -0.15) is 15.4 Å². The predicted molar refractivity (Wildman–Crippen MR) is 215 cm³/mol. The van der Waals surface area contributed by atoms with Gasteiger partial charge < -0.3 is 29.6 Å². The number of hydrogen-bond donors (Lipinski definition) is 3. The number of benzene rings is 1. The maximum absolute atomic E-state index is 14.3. The lowest BCUT2D eigenvalue weighted by atomic mass is 9.92. The molecule has 1 aliphatic rings. The Morgan fingerprint density at radius 3 is 2.30 bits per heavy atom. The van der Waals surface area contributed by atoms with Crippen molar-refractivity contribution in [1.29, 1.82) is 5.26 Å². The van der Waals surface area contributed by atoms with Crippen LogP contribution in [0.25, 0.3) is 5.52 Å². The van der Waals surface area contributed by atoms with Gasteiger partial charge in [-0.25, -0.2) is 14.1 Å². The van der Waals surface area contributed by atoms with Crippen molar-refractivity contribution in [3.8, 4) is 11.8 Å². The maximum Gasteiger partial charge on any atom is 0.459 e. The number of carbonyl (C=O) groups is 2. The number of aromatic nitrogens is 3. The van der Waals surface area contributed by atoms with Gasteiger partial charge in [-0.1, -0.05) is 116 Å². The first-order valence-corrected chi connectivity index (χ1v) is 22.0. The summed E-state index contributed by atoms with van der Waals surface area (Å²) >= 11 is 0. The number of unbranched alkanes of at least 4 members (excludes halogenated alkanes) is 10. The first kappa shape index (κ1) is 45.6. The molecule has 2 aromatic heterocycles. The molecule has 6 atom stereocenters. The summed E-state index contributed by atoms with van der Waals surface area (Å²) in [5, 5.41) is 29.4. The number of aliphatic hydroxyl groups excluding tert-OH is 1. The molecule has 1 fully saturated rings. The van der Waals surface area contributed by atoms with Gasteiger partial charge in [0.25, 0.3) is 0 Å². The number of nitrogens with zero attached hydrogens (tertiary/aromatic N) is 4. The highest BCUT2D eigenvalue weighted by atomic mass is 31.2. The zero-order chi connectivity index (χ0) is 41.3. The van der Waals surface area contributed by atoms with E-state index in [0.717, 1.165) is 38.5 Å². The van der Waals surface area contributed by atoms with E-state index in [4.69, 9.17) is 29.0 Å². The molecule has 0 aliphatic carbocycles. The number of rotatable bonds is 26. The number of nitriles is 1. The Hall–Kier alpha value is -4.06. The standard InChI is InChI=1S/C41H61N6O9P/c1-5-8-9-10-11-12-13-14-15-16-20-23-36(48)54-38-37(49)34(55-41(38,28-42)35-25-24-33-39(43)44-29-45-47(33)35)27-53-57(51,56-32-21-18-17-19-22-32)46-30(4)40(50)52-26-31(6-2)7-3/h17-19,21-22,24-25,29-31,34,37-38,49H,5-16,20,23,26-27H2,1-4H3,(H,46,51)(H2,43,44,45)/t30-,34-,37-,38-,41+,57?/m1/s1. The zero-order valence-corrected chi connectivity index (χ0v) is 34.7. The summed E-state index contributed by atoms with van der Waals surface area (Å²) in [6.45, 7) is 7.29. The molecule has 0 saturated carbocycles. The van der Waals surface area contributed by atoms with Gasteiger partial charge in [0, 0.05) is 6.42 Å². The third-order valence-corrected chi connectivity index (χ3v) is 12.0. The number of anilines is 1. The highest BCUT2D eigenvalue weighted by Gasteiger charge is 2.60. The third kappa shape index (κ3) is 12.7. The van der Waals surface area contributed by atoms with Gasteiger partial charge in [-0.15, -0.1) is 0 Å². The van der Waals surface area contributed by atoms with Crippen LogP contribution in [0.3, 0.4) is 0 Å². The Morgan fingerprint density at radius 2 is 1.67 bits per heavy atom. The Kier molecular flexibility index (Phi) is 18.2. The van der Waals surface area contributed by atoms with Gasteiger partial charge in [0.05, 0.1) is 18.9 Å². The highest BCUT2D eigenvalue weighted by molar-refractivity contribution is 7.52. The van der Waals surface area contributed by atoms with Crippen LogP contribution in [0.1, 0.15) is 123 Å².